The Morgan fingerprint density at radius 3 is 2.45 bits per heavy atom. The van der Waals surface area contributed by atoms with Crippen LogP contribution in [0.3, 0.4) is 0 Å². The summed E-state index contributed by atoms with van der Waals surface area (Å²) in [6, 6.07) is 13.5. The van der Waals surface area contributed by atoms with Gasteiger partial charge in [-0.15, -0.1) is 0 Å². The number of hydrogen-bond donors (Lipinski definition) is 1. The fourth-order valence-electron chi connectivity index (χ4n) is 1.82. The van der Waals surface area contributed by atoms with Crippen molar-refractivity contribution in [2.24, 2.45) is 0 Å². The largest absolute Gasteiger partial charge is 0.497 e. The van der Waals surface area contributed by atoms with E-state index in [2.05, 4.69) is 0 Å². The van der Waals surface area contributed by atoms with Crippen LogP contribution in [0.1, 0.15) is 17.2 Å². The lowest BCUT2D eigenvalue weighted by Gasteiger charge is -2.12. The molecule has 2 rings (SSSR count). The average molecular weight is 276 g/mol. The zero-order chi connectivity index (χ0) is 14.4. The second-order valence-corrected chi connectivity index (χ2v) is 4.40. The Hall–Kier alpha value is -1.91. The fraction of sp³-hybridized carbons (Fsp3) is 0.250. The first-order valence-corrected chi connectivity index (χ1v) is 6.34. The molecule has 0 aliphatic carbocycles. The minimum absolute atomic E-state index is 0.112. The number of hydrogen-bond acceptors (Lipinski definition) is 3. The van der Waals surface area contributed by atoms with E-state index in [4.69, 9.17) is 9.47 Å². The lowest BCUT2D eigenvalue weighted by atomic mass is 10.1. The number of benzene rings is 2. The van der Waals surface area contributed by atoms with E-state index in [9.17, 15) is 9.50 Å². The standard InChI is InChI=1S/C16H17FO3/c1-19-14-8-6-12(7-9-14)16(18)11-20-10-13-4-2-3-5-15(13)17/h2-9,16,18H,10-11H2,1H3. The summed E-state index contributed by atoms with van der Waals surface area (Å²) in [5, 5.41) is 9.97. The smallest absolute Gasteiger partial charge is 0.128 e. The molecule has 1 atom stereocenters. The summed E-state index contributed by atoms with van der Waals surface area (Å²) in [5.41, 5.74) is 1.22. The van der Waals surface area contributed by atoms with Crippen molar-refractivity contribution < 1.29 is 19.0 Å². The van der Waals surface area contributed by atoms with Crippen LogP contribution in [0.15, 0.2) is 48.5 Å². The van der Waals surface area contributed by atoms with Crippen molar-refractivity contribution >= 4 is 0 Å². The molecule has 0 bridgehead atoms. The van der Waals surface area contributed by atoms with Crippen LogP contribution in [0.5, 0.6) is 5.75 Å². The molecule has 4 heteroatoms. The van der Waals surface area contributed by atoms with Gasteiger partial charge >= 0.3 is 0 Å². The molecular weight excluding hydrogens is 259 g/mol. The molecule has 20 heavy (non-hydrogen) atoms. The van der Waals surface area contributed by atoms with Crippen molar-refractivity contribution in [3.8, 4) is 5.75 Å². The molecule has 0 amide bonds. The highest BCUT2D eigenvalue weighted by Crippen LogP contribution is 2.18. The van der Waals surface area contributed by atoms with Gasteiger partial charge in [-0.05, 0) is 23.8 Å². The molecule has 0 fully saturated rings. The molecule has 0 radical (unpaired) electrons. The van der Waals surface area contributed by atoms with Crippen molar-refractivity contribution in [2.45, 2.75) is 12.7 Å². The molecule has 0 saturated carbocycles. The van der Waals surface area contributed by atoms with Gasteiger partial charge in [0.05, 0.1) is 20.3 Å². The quantitative estimate of drug-likeness (QED) is 0.881. The van der Waals surface area contributed by atoms with Crippen LogP contribution in [0, 0.1) is 5.82 Å². The molecule has 0 heterocycles. The highest BCUT2D eigenvalue weighted by Gasteiger charge is 2.08. The first kappa shape index (κ1) is 14.5. The Labute approximate surface area is 117 Å². The first-order valence-electron chi connectivity index (χ1n) is 6.34. The molecule has 0 saturated heterocycles. The van der Waals surface area contributed by atoms with E-state index < -0.39 is 6.10 Å². The zero-order valence-electron chi connectivity index (χ0n) is 11.3. The van der Waals surface area contributed by atoms with Gasteiger partial charge in [-0.2, -0.15) is 0 Å². The number of ether oxygens (including phenoxy) is 2. The van der Waals surface area contributed by atoms with Crippen LogP contribution < -0.4 is 4.74 Å². The Morgan fingerprint density at radius 1 is 1.10 bits per heavy atom. The second kappa shape index (κ2) is 7.03. The number of halogens is 1. The highest BCUT2D eigenvalue weighted by atomic mass is 19.1. The van der Waals surface area contributed by atoms with Crippen molar-refractivity contribution in [1.82, 2.24) is 0 Å². The molecule has 2 aromatic carbocycles. The van der Waals surface area contributed by atoms with Gasteiger partial charge in [0.25, 0.3) is 0 Å². The zero-order valence-corrected chi connectivity index (χ0v) is 11.3. The van der Waals surface area contributed by atoms with Crippen LogP contribution in [0.25, 0.3) is 0 Å². The minimum atomic E-state index is -0.743. The summed E-state index contributed by atoms with van der Waals surface area (Å²) >= 11 is 0. The molecule has 0 aliphatic rings. The minimum Gasteiger partial charge on any atom is -0.497 e. The maximum absolute atomic E-state index is 13.4. The van der Waals surface area contributed by atoms with Gasteiger partial charge in [0.2, 0.25) is 0 Å². The molecule has 0 aliphatic heterocycles. The summed E-state index contributed by atoms with van der Waals surface area (Å²) in [5.74, 6) is 0.430. The Balaban J connectivity index is 1.85. The normalized spacial score (nSPS) is 12.2. The number of aliphatic hydroxyl groups is 1. The van der Waals surface area contributed by atoms with Gasteiger partial charge in [-0.25, -0.2) is 4.39 Å². The third-order valence-corrected chi connectivity index (χ3v) is 2.99. The van der Waals surface area contributed by atoms with Crippen molar-refractivity contribution in [1.29, 1.82) is 0 Å². The molecule has 0 aromatic heterocycles. The van der Waals surface area contributed by atoms with E-state index in [0.717, 1.165) is 11.3 Å². The summed E-state index contributed by atoms with van der Waals surface area (Å²) in [6.07, 6.45) is -0.743. The number of methoxy groups -OCH3 is 1. The Kier molecular flexibility index (Phi) is 5.09. The summed E-state index contributed by atoms with van der Waals surface area (Å²) in [7, 11) is 1.59. The third-order valence-electron chi connectivity index (χ3n) is 2.99. The number of aliphatic hydroxyl groups excluding tert-OH is 1. The lowest BCUT2D eigenvalue weighted by molar-refractivity contribution is 0.0267. The van der Waals surface area contributed by atoms with Crippen molar-refractivity contribution in [2.75, 3.05) is 13.7 Å². The van der Waals surface area contributed by atoms with Crippen LogP contribution in [-0.2, 0) is 11.3 Å². The fourth-order valence-corrected chi connectivity index (χ4v) is 1.82. The van der Waals surface area contributed by atoms with Crippen molar-refractivity contribution in [3.63, 3.8) is 0 Å². The Morgan fingerprint density at radius 2 is 1.80 bits per heavy atom. The van der Waals surface area contributed by atoms with E-state index in [1.54, 1.807) is 49.6 Å². The predicted molar refractivity (Wildman–Crippen MR) is 74.0 cm³/mol. The van der Waals surface area contributed by atoms with Crippen LogP contribution in [0.4, 0.5) is 4.39 Å². The first-order chi connectivity index (χ1) is 9.70. The number of rotatable bonds is 6. The van der Waals surface area contributed by atoms with Gasteiger partial charge in [-0.1, -0.05) is 30.3 Å². The van der Waals surface area contributed by atoms with Crippen LogP contribution in [0.2, 0.25) is 0 Å². The van der Waals surface area contributed by atoms with E-state index in [1.165, 1.54) is 6.07 Å². The molecule has 3 nitrogen and oxygen atoms in total. The predicted octanol–water partition coefficient (Wildman–Crippen LogP) is 3.08. The molecule has 0 spiro atoms. The van der Waals surface area contributed by atoms with Gasteiger partial charge in [0, 0.05) is 5.56 Å². The topological polar surface area (TPSA) is 38.7 Å². The maximum Gasteiger partial charge on any atom is 0.128 e. The molecule has 1 N–H and O–H groups in total. The average Bonchev–Trinajstić information content (AvgIpc) is 2.49. The van der Waals surface area contributed by atoms with Gasteiger partial charge < -0.3 is 14.6 Å². The van der Waals surface area contributed by atoms with E-state index in [1.807, 2.05) is 0 Å². The molecule has 106 valence electrons. The van der Waals surface area contributed by atoms with Crippen LogP contribution in [-0.4, -0.2) is 18.8 Å². The molecular formula is C16H17FO3. The van der Waals surface area contributed by atoms with Gasteiger partial charge in [0.15, 0.2) is 0 Å². The third kappa shape index (κ3) is 3.79. The summed E-state index contributed by atoms with van der Waals surface area (Å²) < 4.78 is 23.8. The Bertz CT molecular complexity index is 540. The van der Waals surface area contributed by atoms with Gasteiger partial charge in [0.1, 0.15) is 17.7 Å². The molecule has 2 aromatic rings. The monoisotopic (exact) mass is 276 g/mol. The SMILES string of the molecule is COc1ccc(C(O)COCc2ccccc2F)cc1. The summed E-state index contributed by atoms with van der Waals surface area (Å²) in [6.45, 7) is 0.251. The second-order valence-electron chi connectivity index (χ2n) is 4.40. The van der Waals surface area contributed by atoms with Crippen LogP contribution >= 0.6 is 0 Å². The highest BCUT2D eigenvalue weighted by molar-refractivity contribution is 5.28. The van der Waals surface area contributed by atoms with Gasteiger partial charge in [-0.3, -0.25) is 0 Å². The van der Waals surface area contributed by atoms with E-state index in [-0.39, 0.29) is 19.0 Å². The molecule has 1 unspecified atom stereocenters. The lowest BCUT2D eigenvalue weighted by Crippen LogP contribution is -2.07. The van der Waals surface area contributed by atoms with E-state index >= 15 is 0 Å². The van der Waals surface area contributed by atoms with Crippen molar-refractivity contribution in [3.05, 3.63) is 65.5 Å². The summed E-state index contributed by atoms with van der Waals surface area (Å²) in [4.78, 5) is 0. The van der Waals surface area contributed by atoms with E-state index in [0.29, 0.717) is 5.56 Å². The maximum atomic E-state index is 13.4.